The zero-order valence-corrected chi connectivity index (χ0v) is 5.33. The minimum absolute atomic E-state index is 0.171. The minimum atomic E-state index is -1.03. The molecule has 0 amide bonds. The topological polar surface area (TPSA) is 52.6 Å². The van der Waals surface area contributed by atoms with Crippen LogP contribution in [0, 0.1) is 0 Å². The molecule has 0 spiro atoms. The van der Waals surface area contributed by atoms with E-state index in [0.29, 0.717) is 6.42 Å². The molecule has 0 bridgehead atoms. The molecule has 0 aliphatic heterocycles. The molecule has 0 aromatic carbocycles. The van der Waals surface area contributed by atoms with Gasteiger partial charge in [-0.3, -0.25) is 0 Å². The Morgan fingerprint density at radius 2 is 2.40 bits per heavy atom. The van der Waals surface area contributed by atoms with Gasteiger partial charge in [0.05, 0.1) is 6.61 Å². The van der Waals surface area contributed by atoms with E-state index in [1.165, 1.54) is 0 Å². The van der Waals surface area contributed by atoms with Crippen molar-refractivity contribution in [3.8, 4) is 0 Å². The van der Waals surface area contributed by atoms with Crippen molar-refractivity contribution in [2.75, 3.05) is 6.61 Å². The number of hydrogen-bond donors (Lipinski definition) is 0. The lowest BCUT2D eigenvalue weighted by Gasteiger charge is -1.96. The Morgan fingerprint density at radius 1 is 1.70 bits per heavy atom. The van der Waals surface area contributed by atoms with Gasteiger partial charge in [-0.05, 0) is 6.42 Å². The van der Waals surface area contributed by atoms with Crippen LogP contribution in [0.2, 0.25) is 0 Å². The highest BCUT2D eigenvalue weighted by atomic mass is 16.7. The molecule has 0 unspecified atom stereocenters. The third-order valence-corrected chi connectivity index (χ3v) is 0.667. The Bertz CT molecular complexity index is 130. The first-order chi connectivity index (χ1) is 4.81. The first-order valence-corrected chi connectivity index (χ1v) is 2.63. The van der Waals surface area contributed by atoms with E-state index < -0.39 is 6.16 Å². The molecule has 1 radical (unpaired) electrons. The van der Waals surface area contributed by atoms with Crippen LogP contribution in [-0.4, -0.2) is 19.2 Å². The number of rotatable bonds is 4. The van der Waals surface area contributed by atoms with E-state index in [4.69, 9.17) is 0 Å². The van der Waals surface area contributed by atoms with Gasteiger partial charge in [-0.25, -0.2) is 9.59 Å². The summed E-state index contributed by atoms with van der Waals surface area (Å²) in [6.07, 6.45) is 1.09. The Kier molecular flexibility index (Phi) is 5.04. The van der Waals surface area contributed by atoms with E-state index in [0.717, 1.165) is 6.47 Å². The van der Waals surface area contributed by atoms with Crippen molar-refractivity contribution in [1.82, 2.24) is 0 Å². The van der Waals surface area contributed by atoms with Crippen molar-refractivity contribution in [3.63, 3.8) is 0 Å². The number of carbonyl (C=O) groups excluding carboxylic acids is 2. The second-order valence-corrected chi connectivity index (χ2v) is 1.36. The molecule has 0 aromatic heterocycles. The maximum atomic E-state index is 10.2. The normalized spacial score (nSPS) is 8.00. The molecule has 0 saturated heterocycles. The molecule has 0 heterocycles. The van der Waals surface area contributed by atoms with Crippen molar-refractivity contribution < 1.29 is 19.1 Å². The summed E-state index contributed by atoms with van der Waals surface area (Å²) in [6, 6.07) is 0. The summed E-state index contributed by atoms with van der Waals surface area (Å²) in [7, 11) is 0. The minimum Gasteiger partial charge on any atom is -0.434 e. The van der Waals surface area contributed by atoms with Crippen molar-refractivity contribution in [3.05, 3.63) is 12.7 Å². The molecular formula is C6H7O4. The van der Waals surface area contributed by atoms with Gasteiger partial charge >= 0.3 is 12.6 Å². The van der Waals surface area contributed by atoms with Crippen molar-refractivity contribution in [1.29, 1.82) is 0 Å². The predicted octanol–water partition coefficient (Wildman–Crippen LogP) is 0.783. The average Bonchev–Trinajstić information content (AvgIpc) is 1.89. The van der Waals surface area contributed by atoms with E-state index >= 15 is 0 Å². The molecule has 55 valence electrons. The number of hydrogen-bond acceptors (Lipinski definition) is 4. The first-order valence-electron chi connectivity index (χ1n) is 2.63. The van der Waals surface area contributed by atoms with Crippen LogP contribution in [-0.2, 0) is 14.3 Å². The Hall–Kier alpha value is -1.32. The predicted molar refractivity (Wildman–Crippen MR) is 32.9 cm³/mol. The van der Waals surface area contributed by atoms with E-state index in [9.17, 15) is 9.59 Å². The summed E-state index contributed by atoms with van der Waals surface area (Å²) in [5, 5.41) is 0. The van der Waals surface area contributed by atoms with Gasteiger partial charge in [0.15, 0.2) is 0 Å². The molecule has 4 nitrogen and oxygen atoms in total. The van der Waals surface area contributed by atoms with Gasteiger partial charge < -0.3 is 9.47 Å². The second-order valence-electron chi connectivity index (χ2n) is 1.36. The van der Waals surface area contributed by atoms with Crippen molar-refractivity contribution >= 4 is 12.6 Å². The van der Waals surface area contributed by atoms with E-state index in [1.807, 2.05) is 0 Å². The summed E-state index contributed by atoms with van der Waals surface area (Å²) in [4.78, 5) is 19.6. The largest absolute Gasteiger partial charge is 0.516 e. The van der Waals surface area contributed by atoms with Crippen molar-refractivity contribution in [2.24, 2.45) is 0 Å². The SMILES string of the molecule is C=CCCOC(=O)O[C]=O. The van der Waals surface area contributed by atoms with Gasteiger partial charge in [-0.2, -0.15) is 0 Å². The quantitative estimate of drug-likeness (QED) is 0.252. The van der Waals surface area contributed by atoms with Crippen LogP contribution in [0.25, 0.3) is 0 Å². The molecule has 0 aliphatic carbocycles. The van der Waals surface area contributed by atoms with Crippen LogP contribution in [0.15, 0.2) is 12.7 Å². The van der Waals surface area contributed by atoms with Crippen LogP contribution < -0.4 is 0 Å². The highest BCUT2D eigenvalue weighted by molar-refractivity contribution is 5.69. The fourth-order valence-corrected chi connectivity index (χ4v) is 0.289. The van der Waals surface area contributed by atoms with Gasteiger partial charge in [-0.15, -0.1) is 6.58 Å². The zero-order valence-electron chi connectivity index (χ0n) is 5.33. The van der Waals surface area contributed by atoms with Crippen LogP contribution in [0.4, 0.5) is 4.79 Å². The number of carbonyl (C=O) groups is 1. The lowest BCUT2D eigenvalue weighted by Crippen LogP contribution is -2.06. The molecule has 0 aliphatic rings. The fourth-order valence-electron chi connectivity index (χ4n) is 0.289. The van der Waals surface area contributed by atoms with Gasteiger partial charge in [0.2, 0.25) is 0 Å². The summed E-state index contributed by atoms with van der Waals surface area (Å²) >= 11 is 0. The molecule has 10 heavy (non-hydrogen) atoms. The maximum Gasteiger partial charge on any atom is 0.516 e. The van der Waals surface area contributed by atoms with Gasteiger partial charge in [0, 0.05) is 0 Å². The lowest BCUT2D eigenvalue weighted by atomic mass is 10.5. The molecule has 0 fully saturated rings. The molecular weight excluding hydrogens is 136 g/mol. The smallest absolute Gasteiger partial charge is 0.434 e. The van der Waals surface area contributed by atoms with Crippen LogP contribution >= 0.6 is 0 Å². The first kappa shape index (κ1) is 8.68. The highest BCUT2D eigenvalue weighted by Crippen LogP contribution is 1.86. The Balaban J connectivity index is 3.20. The Labute approximate surface area is 58.4 Å². The van der Waals surface area contributed by atoms with Gasteiger partial charge in [0.25, 0.3) is 0 Å². The highest BCUT2D eigenvalue weighted by Gasteiger charge is 2.00. The third kappa shape index (κ3) is 4.83. The van der Waals surface area contributed by atoms with Gasteiger partial charge in [-0.1, -0.05) is 6.08 Å². The van der Waals surface area contributed by atoms with E-state index in [1.54, 1.807) is 6.08 Å². The molecule has 0 N–H and O–H groups in total. The summed E-state index contributed by atoms with van der Waals surface area (Å²) in [5.41, 5.74) is 0. The lowest BCUT2D eigenvalue weighted by molar-refractivity contribution is 0.0955. The summed E-state index contributed by atoms with van der Waals surface area (Å²) in [5.74, 6) is 0. The monoisotopic (exact) mass is 143 g/mol. The van der Waals surface area contributed by atoms with Gasteiger partial charge in [0.1, 0.15) is 0 Å². The number of ether oxygens (including phenoxy) is 2. The zero-order chi connectivity index (χ0) is 7.82. The molecule has 0 rings (SSSR count). The van der Waals surface area contributed by atoms with Crippen LogP contribution in [0.5, 0.6) is 0 Å². The second kappa shape index (κ2) is 5.81. The average molecular weight is 143 g/mol. The summed E-state index contributed by atoms with van der Waals surface area (Å²) < 4.78 is 8.02. The fraction of sp³-hybridized carbons (Fsp3) is 0.333. The molecule has 0 atom stereocenters. The molecule has 4 heteroatoms. The van der Waals surface area contributed by atoms with Crippen LogP contribution in [0.1, 0.15) is 6.42 Å². The Morgan fingerprint density at radius 3 is 2.90 bits per heavy atom. The van der Waals surface area contributed by atoms with Crippen LogP contribution in [0.3, 0.4) is 0 Å². The molecule has 0 saturated carbocycles. The summed E-state index contributed by atoms with van der Waals surface area (Å²) in [6.45, 7) is 4.51. The van der Waals surface area contributed by atoms with E-state index in [-0.39, 0.29) is 6.61 Å². The van der Waals surface area contributed by atoms with Crippen molar-refractivity contribution in [2.45, 2.75) is 6.42 Å². The molecule has 0 aromatic rings. The maximum absolute atomic E-state index is 10.2. The third-order valence-electron chi connectivity index (χ3n) is 0.667. The standard InChI is InChI=1S/C6H7O4/c1-2-3-4-9-6(8)10-5-7/h2H,1,3-4H2. The van der Waals surface area contributed by atoms with E-state index in [2.05, 4.69) is 16.1 Å².